The number of sulfonamides is 1. The molecule has 0 amide bonds. The topological polar surface area (TPSA) is 49.4 Å². The number of halogens is 2. The predicted octanol–water partition coefficient (Wildman–Crippen LogP) is 3.66. The lowest BCUT2D eigenvalue weighted by Crippen LogP contribution is -2.36. The molecule has 0 aliphatic carbocycles. The summed E-state index contributed by atoms with van der Waals surface area (Å²) in [4.78, 5) is 2.23. The standard InChI is InChI=1S/C16H18ClFN2O2S2/c17-15-7-8-16(23-15)24(21,22)19-11-14(20-9-1-2-10-20)12-3-5-13(18)6-4-12/h3-8,14,19H,1-2,9-11H2. The molecular weight excluding hydrogens is 371 g/mol. The molecule has 0 spiro atoms. The van der Waals surface area contributed by atoms with Gasteiger partial charge >= 0.3 is 0 Å². The van der Waals surface area contributed by atoms with Crippen molar-refractivity contribution in [3.8, 4) is 0 Å². The summed E-state index contributed by atoms with van der Waals surface area (Å²) in [5.41, 5.74) is 0.908. The highest BCUT2D eigenvalue weighted by molar-refractivity contribution is 7.91. The summed E-state index contributed by atoms with van der Waals surface area (Å²) < 4.78 is 41.3. The highest BCUT2D eigenvalue weighted by atomic mass is 35.5. The van der Waals surface area contributed by atoms with E-state index in [9.17, 15) is 12.8 Å². The highest BCUT2D eigenvalue weighted by Gasteiger charge is 2.26. The summed E-state index contributed by atoms with van der Waals surface area (Å²) in [6.45, 7) is 2.06. The first-order chi connectivity index (χ1) is 11.5. The summed E-state index contributed by atoms with van der Waals surface area (Å²) >= 11 is 6.85. The Balaban J connectivity index is 1.78. The molecule has 1 atom stereocenters. The van der Waals surface area contributed by atoms with Gasteiger partial charge in [0, 0.05) is 12.6 Å². The Bertz CT molecular complexity index is 787. The number of nitrogens with zero attached hydrogens (tertiary/aromatic N) is 1. The average molecular weight is 389 g/mol. The molecule has 1 unspecified atom stereocenters. The second kappa shape index (κ2) is 7.49. The number of thiophene rings is 1. The van der Waals surface area contributed by atoms with Crippen LogP contribution in [0.5, 0.6) is 0 Å². The fourth-order valence-electron chi connectivity index (χ4n) is 2.90. The van der Waals surface area contributed by atoms with Gasteiger partial charge in [0.05, 0.1) is 4.34 Å². The molecule has 130 valence electrons. The second-order valence-corrected chi connectivity index (χ2v) is 9.43. The number of likely N-dealkylation sites (tertiary alicyclic amines) is 1. The average Bonchev–Trinajstić information content (AvgIpc) is 3.21. The maximum atomic E-state index is 13.2. The maximum Gasteiger partial charge on any atom is 0.250 e. The van der Waals surface area contributed by atoms with E-state index in [1.54, 1.807) is 18.2 Å². The van der Waals surface area contributed by atoms with E-state index >= 15 is 0 Å². The molecule has 1 aromatic carbocycles. The van der Waals surface area contributed by atoms with Gasteiger partial charge in [0.25, 0.3) is 0 Å². The van der Waals surface area contributed by atoms with Crippen molar-refractivity contribution < 1.29 is 12.8 Å². The Morgan fingerprint density at radius 3 is 2.42 bits per heavy atom. The first-order valence-corrected chi connectivity index (χ1v) is 10.4. The highest BCUT2D eigenvalue weighted by Crippen LogP contribution is 2.28. The van der Waals surface area contributed by atoms with Gasteiger partial charge in [0.15, 0.2) is 0 Å². The third-order valence-electron chi connectivity index (χ3n) is 4.12. The molecule has 1 fully saturated rings. The van der Waals surface area contributed by atoms with Crippen LogP contribution in [0.1, 0.15) is 24.4 Å². The lowest BCUT2D eigenvalue weighted by molar-refractivity contribution is 0.246. The van der Waals surface area contributed by atoms with Crippen LogP contribution in [0.4, 0.5) is 4.39 Å². The number of hydrogen-bond donors (Lipinski definition) is 1. The van der Waals surface area contributed by atoms with Crippen molar-refractivity contribution in [3.05, 3.63) is 52.1 Å². The first-order valence-electron chi connectivity index (χ1n) is 7.70. The molecule has 4 nitrogen and oxygen atoms in total. The van der Waals surface area contributed by atoms with Crippen molar-refractivity contribution in [3.63, 3.8) is 0 Å². The molecule has 1 aromatic heterocycles. The molecular formula is C16H18ClFN2O2S2. The molecule has 1 aliphatic heterocycles. The fraction of sp³-hybridized carbons (Fsp3) is 0.375. The largest absolute Gasteiger partial charge is 0.295 e. The Labute approximate surface area is 150 Å². The first kappa shape index (κ1) is 17.8. The summed E-state index contributed by atoms with van der Waals surface area (Å²) in [6, 6.07) is 9.20. The molecule has 2 heterocycles. The quantitative estimate of drug-likeness (QED) is 0.821. The summed E-state index contributed by atoms with van der Waals surface area (Å²) in [5, 5.41) is 0. The van der Waals surface area contributed by atoms with Gasteiger partial charge in [-0.1, -0.05) is 23.7 Å². The van der Waals surface area contributed by atoms with Gasteiger partial charge in [-0.25, -0.2) is 17.5 Å². The van der Waals surface area contributed by atoms with Crippen molar-refractivity contribution in [2.45, 2.75) is 23.1 Å². The second-order valence-electron chi connectivity index (χ2n) is 5.72. The maximum absolute atomic E-state index is 13.2. The van der Waals surface area contributed by atoms with Crippen LogP contribution in [-0.2, 0) is 10.0 Å². The van der Waals surface area contributed by atoms with Crippen molar-refractivity contribution in [1.29, 1.82) is 0 Å². The normalized spacial score (nSPS) is 17.2. The van der Waals surface area contributed by atoms with Gasteiger partial charge in [-0.05, 0) is 55.8 Å². The lowest BCUT2D eigenvalue weighted by Gasteiger charge is -2.28. The number of rotatable bonds is 6. The fourth-order valence-corrected chi connectivity index (χ4v) is 5.46. The van der Waals surface area contributed by atoms with Crippen LogP contribution in [-0.4, -0.2) is 33.0 Å². The third-order valence-corrected chi connectivity index (χ3v) is 7.26. The Kier molecular flexibility index (Phi) is 5.56. The zero-order valence-corrected chi connectivity index (χ0v) is 15.3. The molecule has 0 saturated carbocycles. The Hall–Kier alpha value is -0.990. The number of benzene rings is 1. The van der Waals surface area contributed by atoms with Crippen molar-refractivity contribution >= 4 is 33.0 Å². The van der Waals surface area contributed by atoms with E-state index in [1.807, 2.05) is 0 Å². The van der Waals surface area contributed by atoms with Crippen molar-refractivity contribution in [2.24, 2.45) is 0 Å². The van der Waals surface area contributed by atoms with E-state index in [1.165, 1.54) is 18.2 Å². The summed E-state index contributed by atoms with van der Waals surface area (Å²) in [7, 11) is -3.60. The summed E-state index contributed by atoms with van der Waals surface area (Å²) in [6.07, 6.45) is 2.18. The van der Waals surface area contributed by atoms with Gasteiger partial charge in [0.1, 0.15) is 10.0 Å². The Morgan fingerprint density at radius 2 is 1.83 bits per heavy atom. The smallest absolute Gasteiger partial charge is 0.250 e. The van der Waals surface area contributed by atoms with Crippen LogP contribution >= 0.6 is 22.9 Å². The predicted molar refractivity (Wildman–Crippen MR) is 94.5 cm³/mol. The van der Waals surface area contributed by atoms with Crippen LogP contribution in [0.2, 0.25) is 4.34 Å². The minimum Gasteiger partial charge on any atom is -0.295 e. The van der Waals surface area contributed by atoms with E-state index in [0.29, 0.717) is 4.34 Å². The minimum atomic E-state index is -3.60. The molecule has 1 aliphatic rings. The van der Waals surface area contributed by atoms with Gasteiger partial charge in [-0.3, -0.25) is 4.90 Å². The van der Waals surface area contributed by atoms with Crippen LogP contribution in [0.3, 0.4) is 0 Å². The molecule has 8 heteroatoms. The lowest BCUT2D eigenvalue weighted by atomic mass is 10.1. The molecule has 1 N–H and O–H groups in total. The monoisotopic (exact) mass is 388 g/mol. The van der Waals surface area contributed by atoms with Crippen LogP contribution < -0.4 is 4.72 Å². The molecule has 24 heavy (non-hydrogen) atoms. The molecule has 2 aromatic rings. The van der Waals surface area contributed by atoms with E-state index in [0.717, 1.165) is 42.8 Å². The SMILES string of the molecule is O=S(=O)(NCC(c1ccc(F)cc1)N1CCCC1)c1ccc(Cl)s1. The molecule has 0 radical (unpaired) electrons. The van der Waals surface area contributed by atoms with Crippen LogP contribution in [0.25, 0.3) is 0 Å². The van der Waals surface area contributed by atoms with E-state index in [2.05, 4.69) is 9.62 Å². The zero-order valence-electron chi connectivity index (χ0n) is 12.9. The van der Waals surface area contributed by atoms with Gasteiger partial charge in [0.2, 0.25) is 10.0 Å². The van der Waals surface area contributed by atoms with E-state index in [4.69, 9.17) is 11.6 Å². The van der Waals surface area contributed by atoms with Crippen LogP contribution in [0, 0.1) is 5.82 Å². The summed E-state index contributed by atoms with van der Waals surface area (Å²) in [5.74, 6) is -0.298. The molecule has 0 bridgehead atoms. The third kappa shape index (κ3) is 4.15. The van der Waals surface area contributed by atoms with Crippen molar-refractivity contribution in [1.82, 2.24) is 9.62 Å². The van der Waals surface area contributed by atoms with Crippen LogP contribution in [0.15, 0.2) is 40.6 Å². The Morgan fingerprint density at radius 1 is 1.17 bits per heavy atom. The minimum absolute atomic E-state index is 0.113. The van der Waals surface area contributed by atoms with Crippen molar-refractivity contribution in [2.75, 3.05) is 19.6 Å². The van der Waals surface area contributed by atoms with Gasteiger partial charge in [-0.15, -0.1) is 11.3 Å². The zero-order chi connectivity index (χ0) is 17.2. The van der Waals surface area contributed by atoms with Gasteiger partial charge in [-0.2, -0.15) is 0 Å². The molecule has 1 saturated heterocycles. The molecule has 3 rings (SSSR count). The van der Waals surface area contributed by atoms with Gasteiger partial charge < -0.3 is 0 Å². The number of nitrogens with one attached hydrogen (secondary N) is 1. The number of hydrogen-bond acceptors (Lipinski definition) is 4. The van der Waals surface area contributed by atoms with E-state index < -0.39 is 10.0 Å². The van der Waals surface area contributed by atoms with E-state index in [-0.39, 0.29) is 22.6 Å².